The SMILES string of the molecule is Nc1nc(N)c2nc(CNc3ccc(C(=O)NC(CCC(=O)NC(CCC(=O)NC(CCC(=O)O)C(=O)O)C(=O)O)C(=O)O)cc3)cnc2n1.[Na+]. The number of hydrogen-bond donors (Lipinski definition) is 10. The van der Waals surface area contributed by atoms with Gasteiger partial charge in [0.2, 0.25) is 17.8 Å². The number of amides is 3. The van der Waals surface area contributed by atoms with Gasteiger partial charge in [-0.15, -0.1) is 0 Å². The van der Waals surface area contributed by atoms with Crippen LogP contribution < -0.4 is 62.3 Å². The van der Waals surface area contributed by atoms with Crippen LogP contribution in [-0.2, 0) is 35.3 Å². The minimum absolute atomic E-state index is 0. The van der Waals surface area contributed by atoms with E-state index in [0.29, 0.717) is 11.4 Å². The average Bonchev–Trinajstić information content (AvgIpc) is 3.05. The largest absolute Gasteiger partial charge is 1.00 e. The summed E-state index contributed by atoms with van der Waals surface area (Å²) in [7, 11) is 0. The molecule has 51 heavy (non-hydrogen) atoms. The number of carboxylic acids is 4. The number of carbonyl (C=O) groups is 7. The molecule has 2 aromatic heterocycles. The molecule has 3 atom stereocenters. The van der Waals surface area contributed by atoms with Gasteiger partial charge < -0.3 is 53.2 Å². The van der Waals surface area contributed by atoms with Gasteiger partial charge in [0.25, 0.3) is 5.91 Å². The minimum atomic E-state index is -1.58. The van der Waals surface area contributed by atoms with Crippen molar-refractivity contribution in [2.45, 2.75) is 63.2 Å². The van der Waals surface area contributed by atoms with Gasteiger partial charge >= 0.3 is 53.4 Å². The standard InChI is InChI=1S/C29H34N10O11.Na/c30-23-22-24(39-29(31)38-23)33-12-15(34-22)11-32-14-3-1-13(2-4-14)25(44)37-18(28(49)50)6-9-20(41)35-16(26(45)46)5-8-19(40)36-17(27(47)48)7-10-21(42)43;/h1-4,12,16-18,32H,5-11H2,(H,35,41)(H,36,40)(H,37,44)(H,42,43)(H,45,46)(H,47,48)(H,49,50)(H4,30,31,33,38,39);/q;+1. The molecule has 266 valence electrons. The van der Waals surface area contributed by atoms with E-state index < -0.39 is 98.2 Å². The van der Waals surface area contributed by atoms with E-state index in [-0.39, 0.29) is 64.6 Å². The number of rotatable bonds is 19. The second-order valence-corrected chi connectivity index (χ2v) is 10.7. The molecule has 0 bridgehead atoms. The van der Waals surface area contributed by atoms with Crippen molar-refractivity contribution in [3.8, 4) is 0 Å². The monoisotopic (exact) mass is 721 g/mol. The van der Waals surface area contributed by atoms with Crippen molar-refractivity contribution in [1.82, 2.24) is 35.9 Å². The second-order valence-electron chi connectivity index (χ2n) is 10.7. The molecule has 2 heterocycles. The van der Waals surface area contributed by atoms with E-state index in [0.717, 1.165) is 0 Å². The molecule has 22 heteroatoms. The molecule has 21 nitrogen and oxygen atoms in total. The molecule has 0 saturated heterocycles. The number of aromatic nitrogens is 4. The summed E-state index contributed by atoms with van der Waals surface area (Å²) in [6, 6.07) is 1.38. The Kier molecular flexibility index (Phi) is 15.9. The molecule has 0 saturated carbocycles. The third kappa shape index (κ3) is 13.3. The van der Waals surface area contributed by atoms with Crippen LogP contribution in [0.5, 0.6) is 0 Å². The van der Waals surface area contributed by atoms with Gasteiger partial charge in [0.05, 0.1) is 18.4 Å². The number of nitrogens with one attached hydrogen (secondary N) is 4. The number of anilines is 3. The fourth-order valence-corrected chi connectivity index (χ4v) is 4.37. The van der Waals surface area contributed by atoms with Gasteiger partial charge in [0, 0.05) is 30.5 Å². The van der Waals surface area contributed by atoms with Gasteiger partial charge in [-0.05, 0) is 43.5 Å². The van der Waals surface area contributed by atoms with Crippen molar-refractivity contribution in [3.05, 3.63) is 41.7 Å². The first-order chi connectivity index (χ1) is 23.6. The summed E-state index contributed by atoms with van der Waals surface area (Å²) in [4.78, 5) is 99.1. The Labute approximate surface area is 310 Å². The van der Waals surface area contributed by atoms with Crippen LogP contribution >= 0.6 is 0 Å². The maximum absolute atomic E-state index is 12.8. The maximum Gasteiger partial charge on any atom is 1.00 e. The van der Waals surface area contributed by atoms with Gasteiger partial charge in [-0.1, -0.05) is 0 Å². The van der Waals surface area contributed by atoms with Gasteiger partial charge in [-0.25, -0.2) is 24.4 Å². The van der Waals surface area contributed by atoms with E-state index in [1.54, 1.807) is 12.1 Å². The summed E-state index contributed by atoms with van der Waals surface area (Å²) in [5, 5.41) is 46.6. The molecule has 0 aliphatic rings. The van der Waals surface area contributed by atoms with Crippen molar-refractivity contribution >= 4 is 70.2 Å². The smallest absolute Gasteiger partial charge is 0.481 e. The summed E-state index contributed by atoms with van der Waals surface area (Å²) in [5.41, 5.74) is 13.1. The molecule has 3 amide bonds. The van der Waals surface area contributed by atoms with Crippen LogP contribution in [0.2, 0.25) is 0 Å². The number of benzene rings is 1. The van der Waals surface area contributed by atoms with Gasteiger partial charge in [-0.3, -0.25) is 19.2 Å². The number of carbonyl (C=O) groups excluding carboxylic acids is 3. The third-order valence-corrected chi connectivity index (χ3v) is 6.96. The van der Waals surface area contributed by atoms with Crippen LogP contribution in [0, 0.1) is 0 Å². The summed E-state index contributed by atoms with van der Waals surface area (Å²) < 4.78 is 0. The van der Waals surface area contributed by atoms with Crippen molar-refractivity contribution < 1.29 is 83.5 Å². The quantitative estimate of drug-likeness (QED) is 0.0526. The predicted octanol–water partition coefficient (Wildman–Crippen LogP) is -4.05. The normalized spacial score (nSPS) is 12.3. The van der Waals surface area contributed by atoms with Crippen molar-refractivity contribution in [1.29, 1.82) is 0 Å². The Hall–Kier alpha value is -5.67. The summed E-state index contributed by atoms with van der Waals surface area (Å²) in [6.45, 7) is 0.219. The zero-order valence-electron chi connectivity index (χ0n) is 27.2. The van der Waals surface area contributed by atoms with E-state index in [1.807, 2.05) is 0 Å². The summed E-state index contributed by atoms with van der Waals surface area (Å²) in [6.07, 6.45) is -1.32. The number of nitrogens with zero attached hydrogens (tertiary/aromatic N) is 4. The Balaban J connectivity index is 0.00000901. The third-order valence-electron chi connectivity index (χ3n) is 6.96. The Morgan fingerprint density at radius 3 is 1.71 bits per heavy atom. The van der Waals surface area contributed by atoms with E-state index in [1.165, 1.54) is 18.3 Å². The van der Waals surface area contributed by atoms with Crippen LogP contribution in [0.4, 0.5) is 17.5 Å². The fourth-order valence-electron chi connectivity index (χ4n) is 4.37. The zero-order valence-corrected chi connectivity index (χ0v) is 29.2. The molecule has 3 unspecified atom stereocenters. The number of hydrogen-bond acceptors (Lipinski definition) is 14. The van der Waals surface area contributed by atoms with E-state index >= 15 is 0 Å². The van der Waals surface area contributed by atoms with Crippen LogP contribution in [-0.4, -0.2) is 100 Å². The van der Waals surface area contributed by atoms with E-state index in [9.17, 15) is 43.8 Å². The number of aliphatic carboxylic acids is 4. The molecule has 0 aliphatic carbocycles. The predicted molar refractivity (Wildman–Crippen MR) is 171 cm³/mol. The first-order valence-corrected chi connectivity index (χ1v) is 14.8. The Morgan fingerprint density at radius 2 is 1.20 bits per heavy atom. The number of nitrogen functional groups attached to an aromatic ring is 2. The van der Waals surface area contributed by atoms with Crippen molar-refractivity contribution in [2.24, 2.45) is 0 Å². The number of fused-ring (bicyclic) bond motifs is 1. The molecule has 0 radical (unpaired) electrons. The van der Waals surface area contributed by atoms with Gasteiger partial charge in [0.1, 0.15) is 18.1 Å². The van der Waals surface area contributed by atoms with E-state index in [4.69, 9.17) is 21.7 Å². The molecule has 1 aromatic carbocycles. The van der Waals surface area contributed by atoms with Crippen molar-refractivity contribution in [3.63, 3.8) is 0 Å². The van der Waals surface area contributed by atoms with E-state index in [2.05, 4.69) is 41.2 Å². The molecule has 0 fully saturated rings. The zero-order chi connectivity index (χ0) is 37.0. The molecule has 12 N–H and O–H groups in total. The van der Waals surface area contributed by atoms with Crippen molar-refractivity contribution in [2.75, 3.05) is 16.8 Å². The molecular formula is C29H34N10NaO11+. The molecule has 3 rings (SSSR count). The number of nitrogens with two attached hydrogens (primary N) is 2. The maximum atomic E-state index is 12.8. The molecule has 3 aromatic rings. The Morgan fingerprint density at radius 1 is 0.686 bits per heavy atom. The first-order valence-electron chi connectivity index (χ1n) is 14.8. The second kappa shape index (κ2) is 19.5. The summed E-state index contributed by atoms with van der Waals surface area (Å²) >= 11 is 0. The molecule has 0 aliphatic heterocycles. The Bertz CT molecular complexity index is 1780. The van der Waals surface area contributed by atoms with Crippen LogP contribution in [0.1, 0.15) is 54.6 Å². The molecular weight excluding hydrogens is 687 g/mol. The van der Waals surface area contributed by atoms with Gasteiger partial charge in [0.15, 0.2) is 17.0 Å². The van der Waals surface area contributed by atoms with Gasteiger partial charge in [-0.2, -0.15) is 9.97 Å². The van der Waals surface area contributed by atoms with Crippen LogP contribution in [0.25, 0.3) is 11.2 Å². The fraction of sp³-hybridized carbons (Fsp3) is 0.345. The minimum Gasteiger partial charge on any atom is -0.481 e. The van der Waals surface area contributed by atoms with Crippen LogP contribution in [0.15, 0.2) is 30.5 Å². The topological polar surface area (TPSA) is 352 Å². The average molecular weight is 722 g/mol. The molecule has 0 spiro atoms. The summed E-state index contributed by atoms with van der Waals surface area (Å²) in [5.74, 6) is -8.18. The first kappa shape index (κ1) is 41.5. The number of carboxylic acid groups (broad SMARTS) is 4. The van der Waals surface area contributed by atoms with Crippen LogP contribution in [0.3, 0.4) is 0 Å².